The van der Waals surface area contributed by atoms with E-state index >= 15 is 0 Å². The van der Waals surface area contributed by atoms with Crippen molar-refractivity contribution in [2.24, 2.45) is 12.2 Å². The zero-order chi connectivity index (χ0) is 31.5. The maximum atomic E-state index is 13.2. The number of anilines is 1. The first kappa shape index (κ1) is 32.8. The van der Waals surface area contributed by atoms with Gasteiger partial charge in [-0.2, -0.15) is 13.2 Å². The lowest BCUT2D eigenvalue weighted by Gasteiger charge is -2.17. The van der Waals surface area contributed by atoms with Gasteiger partial charge in [-0.3, -0.25) is 0 Å². The molecule has 0 aliphatic heterocycles. The molecule has 0 fully saturated rings. The Bertz CT molecular complexity index is 1820. The Hall–Kier alpha value is -3.76. The number of rotatable bonds is 9. The van der Waals surface area contributed by atoms with Crippen LogP contribution in [0.25, 0.3) is 32.7 Å². The lowest BCUT2D eigenvalue weighted by molar-refractivity contribution is -0.192. The molecular formula is C21H24F3N9O6S3. The van der Waals surface area contributed by atoms with Crippen molar-refractivity contribution in [3.63, 3.8) is 0 Å². The predicted octanol–water partition coefficient (Wildman–Crippen LogP) is 0.905. The summed E-state index contributed by atoms with van der Waals surface area (Å²) in [5.41, 5.74) is 7.22. The Kier molecular flexibility index (Phi) is 9.85. The quantitative estimate of drug-likeness (QED) is 0.159. The third-order valence-electron chi connectivity index (χ3n) is 5.40. The Morgan fingerprint density at radius 3 is 2.33 bits per heavy atom. The van der Waals surface area contributed by atoms with Crippen LogP contribution in [0.4, 0.5) is 18.3 Å². The molecule has 42 heavy (non-hydrogen) atoms. The molecule has 21 heteroatoms. The first-order valence-electron chi connectivity index (χ1n) is 11.5. The number of aliphatic carboxylic acids is 1. The number of halogens is 3. The van der Waals surface area contributed by atoms with E-state index in [1.54, 1.807) is 19.2 Å². The lowest BCUT2D eigenvalue weighted by Crippen LogP contribution is -2.29. The summed E-state index contributed by atoms with van der Waals surface area (Å²) in [4.78, 5) is 12.2. The van der Waals surface area contributed by atoms with Gasteiger partial charge in [0, 0.05) is 19.2 Å². The number of tetrazole rings is 1. The average Bonchev–Trinajstić information content (AvgIpc) is 3.49. The summed E-state index contributed by atoms with van der Waals surface area (Å²) in [5, 5.41) is 27.3. The molecule has 0 aliphatic carbocycles. The van der Waals surface area contributed by atoms with E-state index in [1.165, 1.54) is 35.2 Å². The second kappa shape index (κ2) is 12.6. The van der Waals surface area contributed by atoms with Gasteiger partial charge in [-0.25, -0.2) is 41.2 Å². The van der Waals surface area contributed by atoms with Gasteiger partial charge in [0.1, 0.15) is 9.79 Å². The van der Waals surface area contributed by atoms with Crippen LogP contribution in [0.3, 0.4) is 0 Å². The number of fused-ring (bicyclic) bond motifs is 1. The maximum Gasteiger partial charge on any atom is 0.490 e. The van der Waals surface area contributed by atoms with Crippen molar-refractivity contribution < 1.29 is 39.9 Å². The van der Waals surface area contributed by atoms with Crippen LogP contribution >= 0.6 is 11.3 Å². The third-order valence-corrected chi connectivity index (χ3v) is 8.88. The van der Waals surface area contributed by atoms with Crippen LogP contribution in [0.15, 0.2) is 40.1 Å². The standard InChI is InChI=1S/C19H23N9O4S3.C2HF3O2/c1-22-9-4-10-23-35(31,32)14-8-7-11(12-5-3-6-13-16(12)24-19(20)33-13)15(17(14)34(21,29)30)18-25-26-27-28(18)2;3-2(4,5)1(6)7/h3,5-8,22-23H,4,9-10H2,1-2H3,(H2,20,24)(H2,21,29,30);(H,6,7). The fraction of sp³-hybridized carbons (Fsp3) is 0.286. The number of benzene rings is 2. The zero-order valence-corrected chi connectivity index (χ0v) is 24.2. The van der Waals surface area contributed by atoms with E-state index in [0.29, 0.717) is 34.7 Å². The first-order chi connectivity index (χ1) is 19.5. The monoisotopic (exact) mass is 651 g/mol. The van der Waals surface area contributed by atoms with Crippen LogP contribution in [-0.2, 0) is 31.9 Å². The van der Waals surface area contributed by atoms with Gasteiger partial charge < -0.3 is 16.2 Å². The van der Waals surface area contributed by atoms with Crippen molar-refractivity contribution >= 4 is 52.7 Å². The van der Waals surface area contributed by atoms with Gasteiger partial charge in [-0.15, -0.1) is 5.10 Å². The highest BCUT2D eigenvalue weighted by atomic mass is 32.2. The zero-order valence-electron chi connectivity index (χ0n) is 21.7. The predicted molar refractivity (Wildman–Crippen MR) is 146 cm³/mol. The number of nitrogens with zero attached hydrogens (tertiary/aromatic N) is 5. The minimum absolute atomic E-state index is 0.0106. The minimum Gasteiger partial charge on any atom is -0.475 e. The number of sulfonamides is 2. The number of nitrogen functional groups attached to an aromatic ring is 1. The second-order valence-corrected chi connectivity index (χ2v) is 12.6. The summed E-state index contributed by atoms with van der Waals surface area (Å²) < 4.78 is 88.4. The Morgan fingerprint density at radius 2 is 1.79 bits per heavy atom. The fourth-order valence-electron chi connectivity index (χ4n) is 3.68. The summed E-state index contributed by atoms with van der Waals surface area (Å²) in [5.74, 6) is -2.75. The number of thiazole rings is 1. The van der Waals surface area contributed by atoms with E-state index in [2.05, 4.69) is 30.5 Å². The van der Waals surface area contributed by atoms with Crippen molar-refractivity contribution in [2.45, 2.75) is 22.4 Å². The van der Waals surface area contributed by atoms with Gasteiger partial charge >= 0.3 is 12.1 Å². The number of nitrogens with two attached hydrogens (primary N) is 2. The molecule has 0 saturated carbocycles. The van der Waals surface area contributed by atoms with Gasteiger partial charge in [-0.05, 0) is 48.1 Å². The number of hydrogen-bond donors (Lipinski definition) is 5. The molecule has 228 valence electrons. The number of aromatic nitrogens is 5. The Labute approximate surface area is 240 Å². The van der Waals surface area contributed by atoms with Gasteiger partial charge in [0.15, 0.2) is 11.0 Å². The lowest BCUT2D eigenvalue weighted by atomic mass is 9.98. The van der Waals surface area contributed by atoms with Crippen molar-refractivity contribution in [3.05, 3.63) is 30.3 Å². The van der Waals surface area contributed by atoms with E-state index in [0.717, 1.165) is 4.70 Å². The molecule has 4 rings (SSSR count). The normalized spacial score (nSPS) is 12.2. The highest BCUT2D eigenvalue weighted by molar-refractivity contribution is 7.92. The van der Waals surface area contributed by atoms with Gasteiger partial charge in [0.25, 0.3) is 0 Å². The molecule has 0 spiro atoms. The second-order valence-electron chi connectivity index (χ2n) is 8.35. The number of primary sulfonamides is 1. The number of hydrogen-bond acceptors (Lipinski definition) is 12. The molecule has 7 N–H and O–H groups in total. The highest BCUT2D eigenvalue weighted by Crippen LogP contribution is 2.42. The molecule has 0 amide bonds. The van der Waals surface area contributed by atoms with Crippen LogP contribution in [0.1, 0.15) is 6.42 Å². The molecule has 0 saturated heterocycles. The fourth-order valence-corrected chi connectivity index (χ4v) is 7.11. The maximum absolute atomic E-state index is 13.2. The molecule has 0 bridgehead atoms. The molecule has 15 nitrogen and oxygen atoms in total. The third kappa shape index (κ3) is 7.35. The van der Waals surface area contributed by atoms with Crippen molar-refractivity contribution in [1.82, 2.24) is 35.2 Å². The van der Waals surface area contributed by atoms with Crippen molar-refractivity contribution in [2.75, 3.05) is 25.9 Å². The van der Waals surface area contributed by atoms with Gasteiger partial charge in [0.05, 0.1) is 15.8 Å². The van der Waals surface area contributed by atoms with E-state index < -0.39 is 42.0 Å². The number of carbonyl (C=O) groups is 1. The van der Waals surface area contributed by atoms with Gasteiger partial charge in [-0.1, -0.05) is 29.5 Å². The molecule has 2 aromatic heterocycles. The Morgan fingerprint density at radius 1 is 1.12 bits per heavy atom. The number of carboxylic acids is 1. The van der Waals surface area contributed by atoms with Crippen molar-refractivity contribution in [1.29, 1.82) is 0 Å². The van der Waals surface area contributed by atoms with E-state index in [4.69, 9.17) is 20.8 Å². The number of para-hydroxylation sites is 1. The summed E-state index contributed by atoms with van der Waals surface area (Å²) in [7, 11) is -5.61. The van der Waals surface area contributed by atoms with Crippen LogP contribution in [-0.4, -0.2) is 79.4 Å². The number of carboxylic acid groups (broad SMARTS) is 1. The molecule has 2 heterocycles. The summed E-state index contributed by atoms with van der Waals surface area (Å²) in [6.07, 6.45) is -4.59. The summed E-state index contributed by atoms with van der Waals surface area (Å²) >= 11 is 1.26. The van der Waals surface area contributed by atoms with E-state index in [1.807, 2.05) is 6.07 Å². The average molecular weight is 652 g/mol. The topological polar surface area (TPSA) is 238 Å². The van der Waals surface area contributed by atoms with E-state index in [9.17, 15) is 30.0 Å². The van der Waals surface area contributed by atoms with Crippen LogP contribution in [0, 0.1) is 0 Å². The van der Waals surface area contributed by atoms with E-state index in [-0.39, 0.29) is 17.9 Å². The number of nitrogens with one attached hydrogen (secondary N) is 2. The molecule has 0 unspecified atom stereocenters. The molecule has 2 aromatic carbocycles. The molecular weight excluding hydrogens is 627 g/mol. The highest BCUT2D eigenvalue weighted by Gasteiger charge is 2.38. The summed E-state index contributed by atoms with van der Waals surface area (Å²) in [6.45, 7) is 0.660. The van der Waals surface area contributed by atoms with Crippen LogP contribution in [0.5, 0.6) is 0 Å². The van der Waals surface area contributed by atoms with Crippen LogP contribution < -0.4 is 20.9 Å². The number of aryl methyl sites for hydroxylation is 1. The van der Waals surface area contributed by atoms with Crippen molar-refractivity contribution in [3.8, 4) is 22.5 Å². The molecule has 0 atom stereocenters. The number of alkyl halides is 3. The molecule has 0 aliphatic rings. The molecule has 0 radical (unpaired) electrons. The smallest absolute Gasteiger partial charge is 0.475 e. The Balaban J connectivity index is 0.000000616. The summed E-state index contributed by atoms with van der Waals surface area (Å²) in [6, 6.07) is 8.01. The van der Waals surface area contributed by atoms with Gasteiger partial charge in [0.2, 0.25) is 20.0 Å². The largest absolute Gasteiger partial charge is 0.490 e. The minimum atomic E-state index is -5.08. The SMILES string of the molecule is CNCCCNS(=O)(=O)c1ccc(-c2cccc3sc(N)nc23)c(-c2nnnn2C)c1S(N)(=O)=O.O=C(O)C(F)(F)F. The molecule has 4 aromatic rings. The first-order valence-corrected chi connectivity index (χ1v) is 15.4. The van der Waals surface area contributed by atoms with Crippen LogP contribution in [0.2, 0.25) is 0 Å².